The van der Waals surface area contributed by atoms with E-state index in [9.17, 15) is 9.59 Å². The summed E-state index contributed by atoms with van der Waals surface area (Å²) >= 11 is 0. The van der Waals surface area contributed by atoms with Gasteiger partial charge in [0.25, 0.3) is 5.91 Å². The number of nitrogens with zero attached hydrogens (tertiary/aromatic N) is 4. The Morgan fingerprint density at radius 2 is 2.14 bits per heavy atom. The van der Waals surface area contributed by atoms with E-state index in [-0.39, 0.29) is 11.4 Å². The lowest BCUT2D eigenvalue weighted by Gasteiger charge is -2.11. The van der Waals surface area contributed by atoms with E-state index < -0.39 is 18.0 Å². The molecule has 9 nitrogen and oxygen atoms in total. The molecule has 0 bridgehead atoms. The van der Waals surface area contributed by atoms with Gasteiger partial charge < -0.3 is 15.6 Å². The Morgan fingerprint density at radius 1 is 1.36 bits per heavy atom. The number of rotatable bonds is 4. The number of carboxylic acid groups (broad SMARTS) is 1. The van der Waals surface area contributed by atoms with Crippen LogP contribution in [0.1, 0.15) is 22.3 Å². The first kappa shape index (κ1) is 13.9. The van der Waals surface area contributed by atoms with E-state index >= 15 is 0 Å². The van der Waals surface area contributed by atoms with Crippen molar-refractivity contribution in [3.63, 3.8) is 0 Å². The molecule has 3 aromatic rings. The van der Waals surface area contributed by atoms with Gasteiger partial charge in [-0.1, -0.05) is 0 Å². The first-order valence-electron chi connectivity index (χ1n) is 6.22. The zero-order valence-electron chi connectivity index (χ0n) is 11.4. The molecule has 1 amide bonds. The largest absolute Gasteiger partial charge is 0.478 e. The maximum atomic E-state index is 11.5. The van der Waals surface area contributed by atoms with Crippen LogP contribution in [0.4, 0.5) is 0 Å². The van der Waals surface area contributed by atoms with Gasteiger partial charge in [0, 0.05) is 7.11 Å². The van der Waals surface area contributed by atoms with Crippen LogP contribution >= 0.6 is 0 Å². The summed E-state index contributed by atoms with van der Waals surface area (Å²) < 4.78 is 6.63. The first-order chi connectivity index (χ1) is 10.5. The van der Waals surface area contributed by atoms with Crippen molar-refractivity contribution in [3.8, 4) is 0 Å². The molecule has 0 aliphatic heterocycles. The van der Waals surface area contributed by atoms with E-state index in [2.05, 4.69) is 15.2 Å². The maximum absolute atomic E-state index is 11.5. The van der Waals surface area contributed by atoms with E-state index in [1.807, 2.05) is 0 Å². The highest BCUT2D eigenvalue weighted by atomic mass is 16.5. The van der Waals surface area contributed by atoms with Crippen LogP contribution in [0.25, 0.3) is 16.7 Å². The summed E-state index contributed by atoms with van der Waals surface area (Å²) in [4.78, 5) is 26.7. The first-order valence-corrected chi connectivity index (χ1v) is 6.22. The second-order valence-electron chi connectivity index (χ2n) is 4.54. The third-order valence-electron chi connectivity index (χ3n) is 3.22. The molecule has 0 radical (unpaired) electrons. The molecule has 3 N–H and O–H groups in total. The molecule has 1 unspecified atom stereocenters. The fraction of sp³-hybridized carbons (Fsp3) is 0.154. The normalized spacial score (nSPS) is 12.6. The maximum Gasteiger partial charge on any atom is 0.335 e. The Kier molecular flexibility index (Phi) is 3.18. The van der Waals surface area contributed by atoms with Gasteiger partial charge in [-0.15, -0.1) is 10.2 Å². The molecule has 0 spiro atoms. The van der Waals surface area contributed by atoms with Gasteiger partial charge in [0.2, 0.25) is 0 Å². The molecule has 9 heteroatoms. The molecule has 0 aliphatic carbocycles. The molecule has 1 atom stereocenters. The van der Waals surface area contributed by atoms with Gasteiger partial charge >= 0.3 is 5.97 Å². The van der Waals surface area contributed by atoms with E-state index in [1.54, 1.807) is 10.5 Å². The van der Waals surface area contributed by atoms with Crippen LogP contribution < -0.4 is 5.73 Å². The summed E-state index contributed by atoms with van der Waals surface area (Å²) in [5.74, 6) is -1.55. The van der Waals surface area contributed by atoms with E-state index in [1.165, 1.54) is 25.4 Å². The van der Waals surface area contributed by atoms with Gasteiger partial charge in [-0.05, 0) is 18.2 Å². The number of hydrogen-bond acceptors (Lipinski definition) is 6. The van der Waals surface area contributed by atoms with Crippen LogP contribution in [0.2, 0.25) is 0 Å². The summed E-state index contributed by atoms with van der Waals surface area (Å²) in [6.07, 6.45) is 0.359. The van der Waals surface area contributed by atoms with Gasteiger partial charge in [-0.3, -0.25) is 14.2 Å². The van der Waals surface area contributed by atoms with Gasteiger partial charge in [0.1, 0.15) is 0 Å². The highest BCUT2D eigenvalue weighted by Crippen LogP contribution is 2.21. The van der Waals surface area contributed by atoms with Crippen molar-refractivity contribution in [2.45, 2.75) is 6.10 Å². The number of hydrogen-bond donors (Lipinski definition) is 2. The molecular weight excluding hydrogens is 290 g/mol. The minimum Gasteiger partial charge on any atom is -0.478 e. The Morgan fingerprint density at radius 3 is 2.77 bits per heavy atom. The summed E-state index contributed by atoms with van der Waals surface area (Å²) in [5.41, 5.74) is 6.77. The van der Waals surface area contributed by atoms with Gasteiger partial charge in [-0.2, -0.15) is 0 Å². The number of aromatic carboxylic acids is 1. The summed E-state index contributed by atoms with van der Waals surface area (Å²) in [6, 6.07) is 4.42. The Bertz CT molecular complexity index is 904. The van der Waals surface area contributed by atoms with Crippen molar-refractivity contribution in [2.24, 2.45) is 5.73 Å². The number of carboxylic acids is 1. The lowest BCUT2D eigenvalue weighted by Crippen LogP contribution is -2.24. The van der Waals surface area contributed by atoms with E-state index in [0.29, 0.717) is 16.7 Å². The average molecular weight is 301 g/mol. The highest BCUT2D eigenvalue weighted by molar-refractivity contribution is 5.92. The number of methoxy groups -OCH3 is 1. The van der Waals surface area contributed by atoms with Crippen molar-refractivity contribution < 1.29 is 19.4 Å². The average Bonchev–Trinajstić information content (AvgIpc) is 2.91. The number of carbonyl (C=O) groups is 2. The Labute approximate surface area is 123 Å². The smallest absolute Gasteiger partial charge is 0.335 e. The predicted molar refractivity (Wildman–Crippen MR) is 74.2 cm³/mol. The third kappa shape index (κ3) is 2.04. The molecule has 0 saturated heterocycles. The minimum atomic E-state index is -1.07. The molecule has 1 aromatic carbocycles. The number of benzene rings is 1. The quantitative estimate of drug-likeness (QED) is 0.700. The molecule has 0 aliphatic rings. The van der Waals surface area contributed by atoms with Crippen LogP contribution in [-0.4, -0.2) is 43.7 Å². The summed E-state index contributed by atoms with van der Waals surface area (Å²) in [5, 5.41) is 16.9. The lowest BCUT2D eigenvalue weighted by molar-refractivity contribution is -0.128. The number of carbonyl (C=O) groups excluding carboxylic acids is 1. The Hall–Kier alpha value is -3.07. The zero-order valence-corrected chi connectivity index (χ0v) is 11.4. The molecular formula is C13H11N5O4. The minimum absolute atomic E-state index is 0.104. The monoisotopic (exact) mass is 301 g/mol. The zero-order chi connectivity index (χ0) is 15.9. The van der Waals surface area contributed by atoms with Crippen LogP contribution in [0, 0.1) is 0 Å². The van der Waals surface area contributed by atoms with Crippen LogP contribution in [-0.2, 0) is 9.53 Å². The lowest BCUT2D eigenvalue weighted by atomic mass is 10.2. The molecule has 2 heterocycles. The second-order valence-corrected chi connectivity index (χ2v) is 4.54. The predicted octanol–water partition coefficient (Wildman–Crippen LogP) is 0.148. The highest BCUT2D eigenvalue weighted by Gasteiger charge is 2.24. The van der Waals surface area contributed by atoms with E-state index in [0.717, 1.165) is 0 Å². The molecule has 3 rings (SSSR count). The molecule has 0 saturated carbocycles. The fourth-order valence-electron chi connectivity index (χ4n) is 2.23. The summed E-state index contributed by atoms with van der Waals surface area (Å²) in [6.45, 7) is 0. The van der Waals surface area contributed by atoms with Crippen molar-refractivity contribution in [3.05, 3.63) is 35.8 Å². The number of fused-ring (bicyclic) bond motifs is 3. The Balaban J connectivity index is 2.32. The number of nitrogens with two attached hydrogens (primary N) is 1. The molecule has 22 heavy (non-hydrogen) atoms. The van der Waals surface area contributed by atoms with Crippen molar-refractivity contribution >= 4 is 28.6 Å². The van der Waals surface area contributed by atoms with Crippen LogP contribution in [0.3, 0.4) is 0 Å². The SMILES string of the molecule is COC(C(N)=O)c1nnc2cnc3cc(C(=O)O)ccc3n12. The van der Waals surface area contributed by atoms with Crippen molar-refractivity contribution in [1.82, 2.24) is 19.6 Å². The van der Waals surface area contributed by atoms with E-state index in [4.69, 9.17) is 15.6 Å². The van der Waals surface area contributed by atoms with Crippen molar-refractivity contribution in [1.29, 1.82) is 0 Å². The fourth-order valence-corrected chi connectivity index (χ4v) is 2.23. The van der Waals surface area contributed by atoms with Crippen LogP contribution in [0.5, 0.6) is 0 Å². The van der Waals surface area contributed by atoms with Crippen LogP contribution in [0.15, 0.2) is 24.4 Å². The topological polar surface area (TPSA) is 133 Å². The number of aromatic nitrogens is 4. The number of primary amides is 1. The van der Waals surface area contributed by atoms with Gasteiger partial charge in [-0.25, -0.2) is 4.79 Å². The molecule has 0 fully saturated rings. The summed E-state index contributed by atoms with van der Waals surface area (Å²) in [7, 11) is 1.34. The third-order valence-corrected chi connectivity index (χ3v) is 3.22. The second kappa shape index (κ2) is 5.04. The standard InChI is InChI=1S/C13H11N5O4/c1-22-10(11(14)19)12-17-16-9-5-15-7-4-6(13(20)21)2-3-8(7)18(9)12/h2-5,10H,1H3,(H2,14,19)(H,20,21). The molecule has 2 aromatic heterocycles. The van der Waals surface area contributed by atoms with Gasteiger partial charge in [0.05, 0.1) is 22.8 Å². The number of ether oxygens (including phenoxy) is 1. The molecule has 112 valence electrons. The van der Waals surface area contributed by atoms with Gasteiger partial charge in [0.15, 0.2) is 17.6 Å². The van der Waals surface area contributed by atoms with Crippen molar-refractivity contribution in [2.75, 3.05) is 7.11 Å². The number of amides is 1.